The summed E-state index contributed by atoms with van der Waals surface area (Å²) in [6, 6.07) is 14.6. The third-order valence-corrected chi connectivity index (χ3v) is 7.25. The minimum absolute atomic E-state index is 0.190. The molecule has 1 aromatic heterocycles. The topological polar surface area (TPSA) is 101 Å². The van der Waals surface area contributed by atoms with Gasteiger partial charge in [-0.15, -0.1) is 5.92 Å². The highest BCUT2D eigenvalue weighted by Crippen LogP contribution is 2.40. The molecule has 0 saturated carbocycles. The Morgan fingerprint density at radius 2 is 2.05 bits per heavy atom. The maximum Gasteiger partial charge on any atom is 0.323 e. The van der Waals surface area contributed by atoms with Crippen molar-refractivity contribution in [1.82, 2.24) is 20.5 Å². The number of nitrogens with zero attached hydrogens (tertiary/aromatic N) is 2. The first kappa shape index (κ1) is 23.5. The van der Waals surface area contributed by atoms with Gasteiger partial charge in [0.25, 0.3) is 11.8 Å². The van der Waals surface area contributed by atoms with Crippen molar-refractivity contribution in [2.24, 2.45) is 5.92 Å². The Bertz CT molecular complexity index is 1630. The molecule has 2 atom stereocenters. The van der Waals surface area contributed by atoms with E-state index in [2.05, 4.69) is 33.5 Å². The van der Waals surface area contributed by atoms with Crippen LogP contribution in [-0.2, 0) is 11.3 Å². The van der Waals surface area contributed by atoms with Crippen molar-refractivity contribution in [2.45, 2.75) is 25.6 Å². The molecule has 3 aromatic rings. The lowest BCUT2D eigenvalue weighted by Gasteiger charge is -2.41. The van der Waals surface area contributed by atoms with Gasteiger partial charge < -0.3 is 15.0 Å². The van der Waals surface area contributed by atoms with Crippen LogP contribution < -0.4 is 15.4 Å². The molecular formula is C30H24N4O4. The van der Waals surface area contributed by atoms with E-state index >= 15 is 0 Å². The third kappa shape index (κ3) is 3.80. The predicted molar refractivity (Wildman–Crippen MR) is 142 cm³/mol. The fourth-order valence-corrected chi connectivity index (χ4v) is 5.36. The van der Waals surface area contributed by atoms with Crippen LogP contribution in [0.2, 0.25) is 0 Å². The molecule has 4 amide bonds. The molecule has 2 aliphatic heterocycles. The molecule has 1 aliphatic carbocycles. The molecule has 8 heteroatoms. The molecule has 6 rings (SSSR count). The summed E-state index contributed by atoms with van der Waals surface area (Å²) >= 11 is 0. The molecular weight excluding hydrogens is 480 g/mol. The van der Waals surface area contributed by atoms with Crippen molar-refractivity contribution in [3.05, 3.63) is 89.6 Å². The lowest BCUT2D eigenvalue weighted by atomic mass is 9.82. The van der Waals surface area contributed by atoms with Crippen LogP contribution in [0.5, 0.6) is 5.75 Å². The Kier molecular flexibility index (Phi) is 5.69. The van der Waals surface area contributed by atoms with Crippen LogP contribution in [0, 0.1) is 17.8 Å². The molecule has 3 aliphatic rings. The summed E-state index contributed by atoms with van der Waals surface area (Å²) in [6.45, 7) is 2.13. The molecule has 1 unspecified atom stereocenters. The largest absolute Gasteiger partial charge is 0.481 e. The number of hydrogen-bond acceptors (Lipinski definition) is 5. The summed E-state index contributed by atoms with van der Waals surface area (Å²) in [6.07, 6.45) is 8.10. The van der Waals surface area contributed by atoms with Crippen molar-refractivity contribution in [1.29, 1.82) is 0 Å². The Morgan fingerprint density at radius 1 is 1.16 bits per heavy atom. The molecule has 38 heavy (non-hydrogen) atoms. The number of carbonyl (C=O) groups is 3. The van der Waals surface area contributed by atoms with Gasteiger partial charge in [0, 0.05) is 29.6 Å². The van der Waals surface area contributed by atoms with Gasteiger partial charge in [0.15, 0.2) is 0 Å². The number of ether oxygens (including phenoxy) is 1. The lowest BCUT2D eigenvalue weighted by molar-refractivity contribution is -0.132. The predicted octanol–water partition coefficient (Wildman–Crippen LogP) is 3.79. The number of nitrogens with one attached hydrogen (secondary N) is 2. The number of carbonyl (C=O) groups excluding carboxylic acids is 3. The van der Waals surface area contributed by atoms with E-state index in [9.17, 15) is 14.4 Å². The van der Waals surface area contributed by atoms with Crippen LogP contribution in [-0.4, -0.2) is 40.0 Å². The van der Waals surface area contributed by atoms with Gasteiger partial charge in [-0.1, -0.05) is 42.3 Å². The van der Waals surface area contributed by atoms with Gasteiger partial charge in [0.1, 0.15) is 12.4 Å². The van der Waals surface area contributed by atoms with Gasteiger partial charge in [-0.05, 0) is 60.4 Å². The summed E-state index contributed by atoms with van der Waals surface area (Å²) in [5, 5.41) is 6.18. The number of rotatable bonds is 5. The zero-order chi connectivity index (χ0) is 26.3. The standard InChI is InChI=1S/C30H24N4O4/c1-2-3-15-38-24-12-8-22-18-34(27(35)25(22)17-24)30(28(36)32-29(37)33-30)23-10-6-19(7-11-23)20-9-13-26-21(16-20)5-4-14-31-26/h4-10,12-14,16-17,23H,11,15,18H2,1H3,(H2,32,33,36,37)/t23?,30-/m0/s1. The van der Waals surface area contributed by atoms with Gasteiger partial charge in [0.2, 0.25) is 5.66 Å². The van der Waals surface area contributed by atoms with E-state index in [1.807, 2.05) is 48.6 Å². The monoisotopic (exact) mass is 504 g/mol. The second-order valence-electron chi connectivity index (χ2n) is 9.37. The van der Waals surface area contributed by atoms with Gasteiger partial charge in [0.05, 0.1) is 5.52 Å². The Hall–Kier alpha value is -4.90. The van der Waals surface area contributed by atoms with E-state index in [0.29, 0.717) is 17.7 Å². The molecule has 1 saturated heterocycles. The first-order valence-electron chi connectivity index (χ1n) is 12.3. The molecule has 0 radical (unpaired) electrons. The number of aromatic nitrogens is 1. The van der Waals surface area contributed by atoms with Gasteiger partial charge in [-0.2, -0.15) is 0 Å². The fourth-order valence-electron chi connectivity index (χ4n) is 5.36. The van der Waals surface area contributed by atoms with E-state index in [-0.39, 0.29) is 19.1 Å². The van der Waals surface area contributed by atoms with E-state index in [1.165, 1.54) is 4.90 Å². The van der Waals surface area contributed by atoms with E-state index < -0.39 is 23.5 Å². The summed E-state index contributed by atoms with van der Waals surface area (Å²) in [4.78, 5) is 45.2. The smallest absolute Gasteiger partial charge is 0.323 e. The second kappa shape index (κ2) is 9.20. The minimum atomic E-state index is -1.55. The fraction of sp³-hybridized carbons (Fsp3) is 0.200. The summed E-state index contributed by atoms with van der Waals surface area (Å²) in [5.74, 6) is 4.77. The Morgan fingerprint density at radius 3 is 2.82 bits per heavy atom. The van der Waals surface area contributed by atoms with Gasteiger partial charge in [-0.3, -0.25) is 19.9 Å². The SMILES string of the molecule is CC#CCOc1ccc2c(c1)C(=O)N([C@]1(C3C=CC(c4ccc5ncccc5c4)=CC3)NC(=O)NC1=O)C2. The summed E-state index contributed by atoms with van der Waals surface area (Å²) in [7, 11) is 0. The average Bonchev–Trinajstić information content (AvgIpc) is 3.43. The van der Waals surface area contributed by atoms with Crippen LogP contribution in [0.15, 0.2) is 73.0 Å². The van der Waals surface area contributed by atoms with Gasteiger partial charge in [-0.25, -0.2) is 4.79 Å². The van der Waals surface area contributed by atoms with Crippen molar-refractivity contribution >= 4 is 34.3 Å². The van der Waals surface area contributed by atoms with Crippen LogP contribution in [0.1, 0.15) is 34.8 Å². The number of imide groups is 1. The summed E-state index contributed by atoms with van der Waals surface area (Å²) in [5.41, 5.74) is 2.60. The van der Waals surface area contributed by atoms with Crippen molar-refractivity contribution < 1.29 is 19.1 Å². The first-order valence-corrected chi connectivity index (χ1v) is 12.3. The number of benzene rings is 2. The molecule has 2 aromatic carbocycles. The number of allylic oxidation sites excluding steroid dienone is 3. The highest BCUT2D eigenvalue weighted by molar-refractivity contribution is 6.11. The number of fused-ring (bicyclic) bond motifs is 2. The molecule has 3 heterocycles. The Balaban J connectivity index is 1.29. The Labute approximate surface area is 219 Å². The van der Waals surface area contributed by atoms with E-state index in [4.69, 9.17) is 4.74 Å². The highest BCUT2D eigenvalue weighted by Gasteiger charge is 2.58. The second-order valence-corrected chi connectivity index (χ2v) is 9.37. The average molecular weight is 505 g/mol. The zero-order valence-corrected chi connectivity index (χ0v) is 20.7. The zero-order valence-electron chi connectivity index (χ0n) is 20.7. The lowest BCUT2D eigenvalue weighted by Crippen LogP contribution is -2.65. The molecule has 2 N–H and O–H groups in total. The van der Waals surface area contributed by atoms with Crippen LogP contribution in [0.4, 0.5) is 4.79 Å². The maximum absolute atomic E-state index is 13.6. The summed E-state index contributed by atoms with van der Waals surface area (Å²) < 4.78 is 5.62. The number of pyridine rings is 1. The van der Waals surface area contributed by atoms with Crippen molar-refractivity contribution in [2.75, 3.05) is 6.61 Å². The normalized spacial score (nSPS) is 21.9. The van der Waals surface area contributed by atoms with Crippen molar-refractivity contribution in [3.8, 4) is 17.6 Å². The van der Waals surface area contributed by atoms with E-state index in [1.54, 1.807) is 25.3 Å². The molecule has 188 valence electrons. The maximum atomic E-state index is 13.6. The number of hydrogen-bond donors (Lipinski definition) is 2. The van der Waals surface area contributed by atoms with Crippen LogP contribution in [0.3, 0.4) is 0 Å². The molecule has 0 bridgehead atoms. The molecule has 1 fully saturated rings. The number of amides is 4. The van der Waals surface area contributed by atoms with E-state index in [0.717, 1.165) is 27.6 Å². The first-order chi connectivity index (χ1) is 18.5. The number of urea groups is 1. The minimum Gasteiger partial charge on any atom is -0.481 e. The molecule has 8 nitrogen and oxygen atoms in total. The molecule has 0 spiro atoms. The van der Waals surface area contributed by atoms with Gasteiger partial charge >= 0.3 is 6.03 Å². The highest BCUT2D eigenvalue weighted by atomic mass is 16.5. The van der Waals surface area contributed by atoms with Crippen LogP contribution in [0.25, 0.3) is 16.5 Å². The van der Waals surface area contributed by atoms with Crippen LogP contribution >= 0.6 is 0 Å². The quantitative estimate of drug-likeness (QED) is 0.407. The van der Waals surface area contributed by atoms with Crippen molar-refractivity contribution in [3.63, 3.8) is 0 Å². The third-order valence-electron chi connectivity index (χ3n) is 7.25.